The normalized spacial score (nSPS) is 19.1. The summed E-state index contributed by atoms with van der Waals surface area (Å²) in [6.07, 6.45) is 6.08. The van der Waals surface area contributed by atoms with E-state index in [1.807, 2.05) is 26.0 Å². The third-order valence-electron chi connectivity index (χ3n) is 1.78. The van der Waals surface area contributed by atoms with Gasteiger partial charge in [-0.3, -0.25) is 0 Å². The lowest BCUT2D eigenvalue weighted by Crippen LogP contribution is -2.14. The van der Waals surface area contributed by atoms with E-state index in [4.69, 9.17) is 5.73 Å². The highest BCUT2D eigenvalue weighted by Gasteiger charge is 2.06. The number of nitrogens with two attached hydrogens (primary N) is 1. The average Bonchev–Trinajstić information content (AvgIpc) is 2.25. The maximum atomic E-state index is 5.75. The van der Waals surface area contributed by atoms with Gasteiger partial charge < -0.3 is 5.73 Å². The van der Waals surface area contributed by atoms with E-state index in [1.165, 1.54) is 11.9 Å². The lowest BCUT2D eigenvalue weighted by Gasteiger charge is -2.01. The Morgan fingerprint density at radius 3 is 2.93 bits per heavy atom. The first-order valence-corrected chi connectivity index (χ1v) is 4.47. The van der Waals surface area contributed by atoms with Gasteiger partial charge in [-0.1, -0.05) is 24.3 Å². The van der Waals surface area contributed by atoms with Crippen molar-refractivity contribution in [3.63, 3.8) is 0 Å². The van der Waals surface area contributed by atoms with E-state index >= 15 is 0 Å². The van der Waals surface area contributed by atoms with E-state index in [0.717, 1.165) is 11.3 Å². The van der Waals surface area contributed by atoms with Crippen LogP contribution in [0.4, 0.5) is 0 Å². The molecule has 0 unspecified atom stereocenters. The quantitative estimate of drug-likeness (QED) is 0.675. The lowest BCUT2D eigenvalue weighted by atomic mass is 10.1. The molecular formula is C11H15N3. The summed E-state index contributed by atoms with van der Waals surface area (Å²) in [6.45, 7) is 7.87. The van der Waals surface area contributed by atoms with Crippen LogP contribution in [-0.2, 0) is 0 Å². The first kappa shape index (κ1) is 10.4. The van der Waals surface area contributed by atoms with Crippen LogP contribution in [-0.4, -0.2) is 12.2 Å². The molecule has 3 nitrogen and oxygen atoms in total. The number of rotatable bonds is 1. The van der Waals surface area contributed by atoms with Crippen molar-refractivity contribution in [3.05, 3.63) is 35.6 Å². The standard InChI is InChI=1S/C11H15N3/c1-8(2)4-5-10-6-9(3)13-7-14-11(10)12/h4-5,7H,3,6H2,1-2H3,(H2,12,13,14)/b10-5+. The predicted octanol–water partition coefficient (Wildman–Crippen LogP) is 2.18. The van der Waals surface area contributed by atoms with Gasteiger partial charge in [-0.05, 0) is 13.8 Å². The van der Waals surface area contributed by atoms with Crippen LogP contribution in [0.15, 0.2) is 45.6 Å². The molecule has 0 atom stereocenters. The van der Waals surface area contributed by atoms with Gasteiger partial charge >= 0.3 is 0 Å². The molecule has 0 spiro atoms. The number of allylic oxidation sites excluding steroid dienone is 4. The zero-order valence-corrected chi connectivity index (χ0v) is 8.62. The highest BCUT2D eigenvalue weighted by atomic mass is 14.9. The van der Waals surface area contributed by atoms with E-state index in [9.17, 15) is 0 Å². The molecule has 0 aromatic rings. The van der Waals surface area contributed by atoms with Crippen LogP contribution in [0.25, 0.3) is 0 Å². The summed E-state index contributed by atoms with van der Waals surface area (Å²) >= 11 is 0. The molecule has 0 aromatic heterocycles. The highest BCUT2D eigenvalue weighted by molar-refractivity contribution is 6.02. The van der Waals surface area contributed by atoms with E-state index in [-0.39, 0.29) is 0 Å². The fourth-order valence-corrected chi connectivity index (χ4v) is 1.02. The number of amidine groups is 1. The minimum Gasteiger partial charge on any atom is -0.383 e. The largest absolute Gasteiger partial charge is 0.383 e. The summed E-state index contributed by atoms with van der Waals surface area (Å²) in [6, 6.07) is 0. The zero-order valence-electron chi connectivity index (χ0n) is 8.62. The van der Waals surface area contributed by atoms with E-state index in [2.05, 4.69) is 16.6 Å². The number of aliphatic imine (C=N–C) groups is 2. The monoisotopic (exact) mass is 189 g/mol. The van der Waals surface area contributed by atoms with E-state index < -0.39 is 0 Å². The second-order valence-corrected chi connectivity index (χ2v) is 3.44. The molecule has 0 aliphatic carbocycles. The van der Waals surface area contributed by atoms with E-state index in [0.29, 0.717) is 12.3 Å². The Morgan fingerprint density at radius 2 is 2.29 bits per heavy atom. The lowest BCUT2D eigenvalue weighted by molar-refractivity contribution is 1.15. The van der Waals surface area contributed by atoms with Crippen molar-refractivity contribution in [2.24, 2.45) is 15.7 Å². The Labute approximate surface area is 84.4 Å². The summed E-state index contributed by atoms with van der Waals surface area (Å²) in [4.78, 5) is 7.98. The van der Waals surface area contributed by atoms with Crippen molar-refractivity contribution in [3.8, 4) is 0 Å². The molecular weight excluding hydrogens is 174 g/mol. The van der Waals surface area contributed by atoms with Crippen molar-refractivity contribution < 1.29 is 0 Å². The Bertz CT molecular complexity index is 353. The Morgan fingerprint density at radius 1 is 1.57 bits per heavy atom. The van der Waals surface area contributed by atoms with Crippen molar-refractivity contribution in [2.75, 3.05) is 0 Å². The average molecular weight is 189 g/mol. The van der Waals surface area contributed by atoms with Crippen LogP contribution in [0.3, 0.4) is 0 Å². The number of hydrogen-bond donors (Lipinski definition) is 1. The summed E-state index contributed by atoms with van der Waals surface area (Å²) < 4.78 is 0. The van der Waals surface area contributed by atoms with Crippen LogP contribution in [0.2, 0.25) is 0 Å². The summed E-state index contributed by atoms with van der Waals surface area (Å²) in [5, 5.41) is 0. The molecule has 1 aliphatic rings. The molecule has 14 heavy (non-hydrogen) atoms. The second kappa shape index (κ2) is 4.56. The first-order valence-electron chi connectivity index (χ1n) is 4.47. The predicted molar refractivity (Wildman–Crippen MR) is 61.4 cm³/mol. The third-order valence-corrected chi connectivity index (χ3v) is 1.78. The molecule has 1 heterocycles. The third kappa shape index (κ3) is 3.01. The number of nitrogens with zero attached hydrogens (tertiary/aromatic N) is 2. The Balaban J connectivity index is 2.93. The van der Waals surface area contributed by atoms with Gasteiger partial charge in [0, 0.05) is 17.7 Å². The molecule has 0 bridgehead atoms. The topological polar surface area (TPSA) is 50.7 Å². The van der Waals surface area contributed by atoms with Gasteiger partial charge in [0.2, 0.25) is 0 Å². The molecule has 2 N–H and O–H groups in total. The van der Waals surface area contributed by atoms with Crippen molar-refractivity contribution in [1.29, 1.82) is 0 Å². The SMILES string of the molecule is C=C1C/C(=C\C=C(C)C)C(N)=NC=N1. The molecule has 1 rings (SSSR count). The molecule has 0 radical (unpaired) electrons. The van der Waals surface area contributed by atoms with Gasteiger partial charge in [0.15, 0.2) is 0 Å². The minimum atomic E-state index is 0.518. The molecule has 0 fully saturated rings. The van der Waals surface area contributed by atoms with Gasteiger partial charge in [-0.2, -0.15) is 0 Å². The molecule has 1 aliphatic heterocycles. The molecule has 0 saturated heterocycles. The van der Waals surface area contributed by atoms with Gasteiger partial charge in [-0.15, -0.1) is 0 Å². The summed E-state index contributed by atoms with van der Waals surface area (Å²) in [5.74, 6) is 0.518. The van der Waals surface area contributed by atoms with Crippen LogP contribution in [0, 0.1) is 0 Å². The van der Waals surface area contributed by atoms with Crippen LogP contribution in [0.1, 0.15) is 20.3 Å². The first-order chi connectivity index (χ1) is 6.59. The molecule has 0 amide bonds. The van der Waals surface area contributed by atoms with Crippen molar-refractivity contribution in [2.45, 2.75) is 20.3 Å². The molecule has 74 valence electrons. The van der Waals surface area contributed by atoms with Crippen molar-refractivity contribution >= 4 is 12.2 Å². The fourth-order valence-electron chi connectivity index (χ4n) is 1.02. The smallest absolute Gasteiger partial charge is 0.128 e. The van der Waals surface area contributed by atoms with Crippen LogP contribution < -0.4 is 5.73 Å². The number of hydrogen-bond acceptors (Lipinski definition) is 3. The van der Waals surface area contributed by atoms with Gasteiger partial charge in [-0.25, -0.2) is 9.98 Å². The minimum absolute atomic E-state index is 0.518. The molecule has 0 saturated carbocycles. The molecule has 3 heteroatoms. The second-order valence-electron chi connectivity index (χ2n) is 3.44. The van der Waals surface area contributed by atoms with Crippen LogP contribution in [0.5, 0.6) is 0 Å². The zero-order chi connectivity index (χ0) is 10.6. The molecule has 0 aromatic carbocycles. The fraction of sp³-hybridized carbons (Fsp3) is 0.273. The van der Waals surface area contributed by atoms with Gasteiger partial charge in [0.25, 0.3) is 0 Å². The maximum Gasteiger partial charge on any atom is 0.128 e. The van der Waals surface area contributed by atoms with Gasteiger partial charge in [0.05, 0.1) is 0 Å². The van der Waals surface area contributed by atoms with Gasteiger partial charge in [0.1, 0.15) is 12.2 Å². The maximum absolute atomic E-state index is 5.75. The summed E-state index contributed by atoms with van der Waals surface area (Å²) in [7, 11) is 0. The Hall–Kier alpha value is -1.64. The Kier molecular flexibility index (Phi) is 3.40. The summed E-state index contributed by atoms with van der Waals surface area (Å²) in [5.41, 5.74) is 8.72. The van der Waals surface area contributed by atoms with Crippen molar-refractivity contribution in [1.82, 2.24) is 0 Å². The highest BCUT2D eigenvalue weighted by Crippen LogP contribution is 2.13. The van der Waals surface area contributed by atoms with E-state index in [1.54, 1.807) is 0 Å². The van der Waals surface area contributed by atoms with Crippen LogP contribution >= 0.6 is 0 Å².